The molecule has 0 atom stereocenters. The SMILES string of the molecule is O=c1oc2ccc3cc2c2cc(ccc12)c1ccc2c(c1)c1cc4ccc1n2-c1ccc(cc1)-c1cccc2c1oc1c(cccc12)-c1ccc(cc1)-n1c2ccc3cc2c2cc(ccc21)c1cccc2c3cccc4c3sc12. The molecule has 0 amide bonds. The van der Waals surface area contributed by atoms with Gasteiger partial charge in [-0.2, -0.15) is 0 Å². The quantitative estimate of drug-likeness (QED) is 0.112. The monoisotopic (exact) mass is 1020 g/mol. The van der Waals surface area contributed by atoms with Crippen LogP contribution in [0.4, 0.5) is 0 Å². The van der Waals surface area contributed by atoms with Gasteiger partial charge in [-0.1, -0.05) is 133 Å². The van der Waals surface area contributed by atoms with E-state index in [1.807, 2.05) is 23.5 Å². The zero-order valence-electron chi connectivity index (χ0n) is 42.0. The number of nitrogens with zero attached hydrogens (tertiary/aromatic N) is 2. The van der Waals surface area contributed by atoms with Crippen LogP contribution in [0.15, 0.2) is 244 Å². The number of hydrogen-bond acceptors (Lipinski definition) is 4. The Kier molecular flexibility index (Phi) is 7.97. The third kappa shape index (κ3) is 5.64. The second-order valence-corrected chi connectivity index (χ2v) is 22.5. The summed E-state index contributed by atoms with van der Waals surface area (Å²) in [6.07, 6.45) is 0. The lowest BCUT2D eigenvalue weighted by Gasteiger charge is -2.10. The fraction of sp³-hybridized carbons (Fsp3) is 0. The van der Waals surface area contributed by atoms with Crippen LogP contribution in [0, 0.1) is 0 Å². The van der Waals surface area contributed by atoms with Gasteiger partial charge >= 0.3 is 5.63 Å². The molecule has 12 aromatic carbocycles. The van der Waals surface area contributed by atoms with Gasteiger partial charge in [0.2, 0.25) is 0 Å². The van der Waals surface area contributed by atoms with E-state index >= 15 is 0 Å². The topological polar surface area (TPSA) is 53.2 Å². The van der Waals surface area contributed by atoms with Gasteiger partial charge in [0.05, 0.1) is 27.5 Å². The van der Waals surface area contributed by atoms with Crippen molar-refractivity contribution in [1.82, 2.24) is 9.13 Å². The average molecular weight is 1020 g/mol. The van der Waals surface area contributed by atoms with E-state index in [1.165, 1.54) is 36.3 Å². The Balaban J connectivity index is 1.03. The first-order valence-corrected chi connectivity index (χ1v) is 27.6. The molecule has 6 heteroatoms. The van der Waals surface area contributed by atoms with Crippen LogP contribution in [0.3, 0.4) is 0 Å². The first kappa shape index (κ1) is 41.9. The Morgan fingerprint density at radius 2 is 0.684 bits per heavy atom. The van der Waals surface area contributed by atoms with Crippen molar-refractivity contribution in [2.24, 2.45) is 0 Å². The van der Waals surface area contributed by atoms with Crippen molar-refractivity contribution in [3.8, 4) is 33.6 Å². The molecule has 7 aliphatic heterocycles. The Morgan fingerprint density at radius 1 is 0.291 bits per heavy atom. The molecule has 0 spiro atoms. The number of hydrogen-bond donors (Lipinski definition) is 0. The van der Waals surface area contributed by atoms with E-state index in [0.29, 0.717) is 11.0 Å². The van der Waals surface area contributed by atoms with E-state index in [4.69, 9.17) is 8.83 Å². The van der Waals surface area contributed by atoms with Crippen LogP contribution in [0.2, 0.25) is 0 Å². The summed E-state index contributed by atoms with van der Waals surface area (Å²) in [6, 6.07) is 84.7. The molecule has 25 rings (SSSR count). The average Bonchev–Trinajstić information content (AvgIpc) is 4.48. The van der Waals surface area contributed by atoms with Gasteiger partial charge in [-0.05, 0) is 151 Å². The van der Waals surface area contributed by atoms with Gasteiger partial charge in [0.25, 0.3) is 0 Å². The molecule has 79 heavy (non-hydrogen) atoms. The van der Waals surface area contributed by atoms with Gasteiger partial charge < -0.3 is 18.0 Å². The summed E-state index contributed by atoms with van der Waals surface area (Å²) >= 11 is 1.89. The predicted octanol–water partition coefficient (Wildman–Crippen LogP) is 20.2. The highest BCUT2D eigenvalue weighted by atomic mass is 32.1. The van der Waals surface area contributed by atoms with E-state index in [9.17, 15) is 4.79 Å². The van der Waals surface area contributed by atoms with E-state index in [0.717, 1.165) is 137 Å². The molecule has 13 heterocycles. The molecule has 0 saturated carbocycles. The van der Waals surface area contributed by atoms with Crippen molar-refractivity contribution in [2.45, 2.75) is 0 Å². The van der Waals surface area contributed by atoms with Gasteiger partial charge in [0, 0.05) is 85.8 Å². The van der Waals surface area contributed by atoms with Crippen LogP contribution in [0.1, 0.15) is 0 Å². The first-order valence-electron chi connectivity index (χ1n) is 26.8. The zero-order valence-corrected chi connectivity index (χ0v) is 42.8. The lowest BCUT2D eigenvalue weighted by atomic mass is 10.00. The molecule has 0 unspecified atom stereocenters. The minimum absolute atomic E-state index is 0.345. The van der Waals surface area contributed by atoms with Crippen LogP contribution < -0.4 is 5.63 Å². The van der Waals surface area contributed by atoms with Crippen LogP contribution in [-0.4, -0.2) is 9.13 Å². The summed E-state index contributed by atoms with van der Waals surface area (Å²) < 4.78 is 20.5. The van der Waals surface area contributed by atoms with Crippen molar-refractivity contribution >= 4 is 162 Å². The van der Waals surface area contributed by atoms with Crippen LogP contribution in [0.25, 0.3) is 184 Å². The van der Waals surface area contributed by atoms with Crippen molar-refractivity contribution in [3.05, 3.63) is 241 Å². The third-order valence-corrected chi connectivity index (χ3v) is 18.7. The van der Waals surface area contributed by atoms with Gasteiger partial charge in [-0.25, -0.2) is 4.79 Å². The normalized spacial score (nSPS) is 12.6. The summed E-state index contributed by atoms with van der Waals surface area (Å²) in [5, 5.41) is 20.6. The molecule has 0 aliphatic carbocycles. The maximum Gasteiger partial charge on any atom is 0.344 e. The van der Waals surface area contributed by atoms with E-state index in [1.54, 1.807) is 0 Å². The Bertz CT molecular complexity index is 5930. The molecule has 0 saturated heterocycles. The van der Waals surface area contributed by atoms with Crippen LogP contribution in [0.5, 0.6) is 0 Å². The Hall–Kier alpha value is -10.3. The highest BCUT2D eigenvalue weighted by Gasteiger charge is 2.21. The van der Waals surface area contributed by atoms with Crippen molar-refractivity contribution in [1.29, 1.82) is 0 Å². The maximum absolute atomic E-state index is 13.8. The highest BCUT2D eigenvalue weighted by Crippen LogP contribution is 2.45. The largest absolute Gasteiger partial charge is 0.455 e. The van der Waals surface area contributed by atoms with Gasteiger partial charge in [0.15, 0.2) is 0 Å². The number of para-hydroxylation sites is 2. The predicted molar refractivity (Wildman–Crippen MR) is 332 cm³/mol. The van der Waals surface area contributed by atoms with Crippen molar-refractivity contribution < 1.29 is 8.83 Å². The molecule has 6 aromatic heterocycles. The zero-order chi connectivity index (χ0) is 51.4. The van der Waals surface area contributed by atoms with E-state index in [2.05, 4.69) is 228 Å². The molecule has 7 aliphatic rings. The molecule has 0 N–H and O–H groups in total. The molecular formula is C73H38N2O3S. The number of fused-ring (bicyclic) bond motifs is 8. The number of thiophene rings is 1. The standard InChI is InChI=1S/C73H38N2O3S/c76-73-57-27-17-41-33-58(57)63-36-44(22-32-68(63)77-73)43-19-29-65-60(35-43)62-38-46-21-31-67(62)75(65)48-25-15-40(16-26-48)50-6-2-10-54-53-9-1-5-49(69(53)78-70(50)54)39-13-23-47(24-14-39)74-64-28-18-42(41)34-59(64)61-37-45(20-30-66(61)74)51-7-3-11-55-56-12-4-8-52(46)72(56)79-71(51)55/h1-38H. The van der Waals surface area contributed by atoms with Gasteiger partial charge in [0.1, 0.15) is 16.7 Å². The lowest BCUT2D eigenvalue weighted by molar-refractivity contribution is 0.570. The van der Waals surface area contributed by atoms with Crippen LogP contribution in [-0.2, 0) is 0 Å². The second-order valence-electron chi connectivity index (χ2n) is 21.5. The van der Waals surface area contributed by atoms with Gasteiger partial charge in [-0.3, -0.25) is 0 Å². The summed E-state index contributed by atoms with van der Waals surface area (Å²) in [4.78, 5) is 13.8. The molecule has 0 fully saturated rings. The molecule has 18 aromatic rings. The molecule has 24 bridgehead atoms. The molecule has 5 nitrogen and oxygen atoms in total. The smallest absolute Gasteiger partial charge is 0.344 e. The number of rotatable bonds is 0. The Morgan fingerprint density at radius 3 is 1.19 bits per heavy atom. The first-order chi connectivity index (χ1) is 39.0. The van der Waals surface area contributed by atoms with Crippen molar-refractivity contribution in [2.75, 3.05) is 0 Å². The summed E-state index contributed by atoms with van der Waals surface area (Å²) in [5.41, 5.74) is 12.8. The lowest BCUT2D eigenvalue weighted by Crippen LogP contribution is -1.99. The van der Waals surface area contributed by atoms with E-state index < -0.39 is 0 Å². The van der Waals surface area contributed by atoms with Crippen LogP contribution >= 0.6 is 11.3 Å². The number of aromatic nitrogens is 2. The number of furan rings is 1. The minimum atomic E-state index is -0.345. The summed E-state index contributed by atoms with van der Waals surface area (Å²) in [5.74, 6) is 0. The summed E-state index contributed by atoms with van der Waals surface area (Å²) in [6.45, 7) is 0. The third-order valence-electron chi connectivity index (χ3n) is 17.5. The Labute approximate surface area is 451 Å². The highest BCUT2D eigenvalue weighted by molar-refractivity contribution is 7.27. The molecule has 0 radical (unpaired) electrons. The number of benzene rings is 12. The molecular weight excluding hydrogens is 985 g/mol. The van der Waals surface area contributed by atoms with Gasteiger partial charge in [-0.15, -0.1) is 11.3 Å². The maximum atomic E-state index is 13.8. The summed E-state index contributed by atoms with van der Waals surface area (Å²) in [7, 11) is 0. The minimum Gasteiger partial charge on any atom is -0.455 e. The fourth-order valence-electron chi connectivity index (χ4n) is 13.7. The molecule has 364 valence electrons. The fourth-order valence-corrected chi connectivity index (χ4v) is 15.1. The van der Waals surface area contributed by atoms with E-state index in [-0.39, 0.29) is 5.63 Å². The van der Waals surface area contributed by atoms with Crippen molar-refractivity contribution in [3.63, 3.8) is 0 Å². The second kappa shape index (κ2) is 15.0.